The highest BCUT2D eigenvalue weighted by molar-refractivity contribution is 5.74. The Balaban J connectivity index is 2.59. The lowest BCUT2D eigenvalue weighted by Crippen LogP contribution is -2.14. The van der Waals surface area contributed by atoms with Gasteiger partial charge in [0.1, 0.15) is 6.54 Å². The number of aldehydes is 1. The lowest BCUT2D eigenvalue weighted by molar-refractivity contribution is -0.134. The highest BCUT2D eigenvalue weighted by Crippen LogP contribution is 1.96. The molecule has 1 aromatic heterocycles. The van der Waals surface area contributed by atoms with Crippen LogP contribution in [0.4, 0.5) is 5.95 Å². The summed E-state index contributed by atoms with van der Waals surface area (Å²) in [4.78, 5) is 27.7. The summed E-state index contributed by atoms with van der Waals surface area (Å²) < 4.78 is 0. The zero-order valence-corrected chi connectivity index (χ0v) is 6.60. The summed E-state index contributed by atoms with van der Waals surface area (Å²) in [6, 6.07) is 0. The molecule has 6 nitrogen and oxygen atoms in total. The van der Waals surface area contributed by atoms with Crippen LogP contribution >= 0.6 is 0 Å². The molecule has 0 fully saturated rings. The first-order valence-corrected chi connectivity index (χ1v) is 3.45. The summed E-state index contributed by atoms with van der Waals surface area (Å²) in [5.41, 5.74) is 0.348. The van der Waals surface area contributed by atoms with Crippen molar-refractivity contribution in [2.75, 3.05) is 11.9 Å². The van der Waals surface area contributed by atoms with Gasteiger partial charge in [-0.3, -0.25) is 9.59 Å². The summed E-state index contributed by atoms with van der Waals surface area (Å²) >= 11 is 0. The Hall–Kier alpha value is -1.98. The van der Waals surface area contributed by atoms with E-state index in [4.69, 9.17) is 5.11 Å². The number of anilines is 1. The van der Waals surface area contributed by atoms with Gasteiger partial charge in [-0.15, -0.1) is 0 Å². The fourth-order valence-corrected chi connectivity index (χ4v) is 0.645. The molecule has 68 valence electrons. The van der Waals surface area contributed by atoms with E-state index in [-0.39, 0.29) is 12.5 Å². The molecule has 0 unspecified atom stereocenters. The predicted octanol–water partition coefficient (Wildman–Crippen LogP) is -0.214. The van der Waals surface area contributed by atoms with Crippen molar-refractivity contribution in [1.82, 2.24) is 9.97 Å². The Bertz CT molecular complexity index is 309. The number of carboxylic acid groups (broad SMARTS) is 1. The van der Waals surface area contributed by atoms with Gasteiger partial charge in [0.15, 0.2) is 6.29 Å². The summed E-state index contributed by atoms with van der Waals surface area (Å²) in [6.07, 6.45) is 3.23. The number of nitrogens with zero attached hydrogens (tertiary/aromatic N) is 2. The van der Waals surface area contributed by atoms with E-state index < -0.39 is 5.97 Å². The molecule has 0 radical (unpaired) electrons. The van der Waals surface area contributed by atoms with E-state index >= 15 is 0 Å². The average molecular weight is 181 g/mol. The number of hydrogen-bond donors (Lipinski definition) is 2. The molecule has 0 atom stereocenters. The third-order valence-corrected chi connectivity index (χ3v) is 1.21. The van der Waals surface area contributed by atoms with Crippen molar-refractivity contribution >= 4 is 18.2 Å². The normalized spacial score (nSPS) is 9.23. The summed E-state index contributed by atoms with van der Waals surface area (Å²) in [5, 5.41) is 10.8. The van der Waals surface area contributed by atoms with Gasteiger partial charge >= 0.3 is 5.97 Å². The second-order valence-electron chi connectivity index (χ2n) is 2.21. The minimum atomic E-state index is -0.997. The molecule has 0 aliphatic heterocycles. The molecule has 0 saturated heterocycles. The van der Waals surface area contributed by atoms with Crippen molar-refractivity contribution in [1.29, 1.82) is 0 Å². The van der Waals surface area contributed by atoms with Crippen molar-refractivity contribution in [2.24, 2.45) is 0 Å². The number of rotatable bonds is 4. The largest absolute Gasteiger partial charge is 0.480 e. The third-order valence-electron chi connectivity index (χ3n) is 1.21. The van der Waals surface area contributed by atoms with E-state index in [9.17, 15) is 9.59 Å². The number of carbonyl (C=O) groups excluding carboxylic acids is 1. The van der Waals surface area contributed by atoms with Gasteiger partial charge in [0.05, 0.1) is 5.56 Å². The van der Waals surface area contributed by atoms with Gasteiger partial charge < -0.3 is 10.4 Å². The summed E-state index contributed by atoms with van der Waals surface area (Å²) in [5.74, 6) is -0.809. The molecule has 2 N–H and O–H groups in total. The molecular weight excluding hydrogens is 174 g/mol. The molecule has 0 saturated carbocycles. The van der Waals surface area contributed by atoms with Crippen LogP contribution in [0.5, 0.6) is 0 Å². The summed E-state index contributed by atoms with van der Waals surface area (Å²) in [7, 11) is 0. The van der Waals surface area contributed by atoms with E-state index in [0.29, 0.717) is 11.8 Å². The smallest absolute Gasteiger partial charge is 0.322 e. The molecule has 0 amide bonds. The van der Waals surface area contributed by atoms with E-state index in [1.807, 2.05) is 0 Å². The highest BCUT2D eigenvalue weighted by atomic mass is 16.4. The first kappa shape index (κ1) is 9.11. The number of aliphatic carboxylic acids is 1. The van der Waals surface area contributed by atoms with Crippen LogP contribution in [0.3, 0.4) is 0 Å². The van der Waals surface area contributed by atoms with Gasteiger partial charge in [-0.1, -0.05) is 0 Å². The Morgan fingerprint density at radius 1 is 1.54 bits per heavy atom. The number of aromatic nitrogens is 2. The van der Waals surface area contributed by atoms with Crippen molar-refractivity contribution in [3.05, 3.63) is 18.0 Å². The molecule has 0 bridgehead atoms. The quantitative estimate of drug-likeness (QED) is 0.624. The minimum Gasteiger partial charge on any atom is -0.480 e. The lowest BCUT2D eigenvalue weighted by atomic mass is 10.4. The molecule has 1 heterocycles. The molecule has 6 heteroatoms. The maximum Gasteiger partial charge on any atom is 0.322 e. The first-order chi connectivity index (χ1) is 6.22. The standard InChI is InChI=1S/C7H7N3O3/c11-4-5-1-8-7(9-2-5)10-3-6(12)13/h1-2,4H,3H2,(H,12,13)(H,8,9,10). The van der Waals surface area contributed by atoms with Crippen LogP contribution in [-0.4, -0.2) is 33.9 Å². The van der Waals surface area contributed by atoms with Gasteiger partial charge in [-0.25, -0.2) is 9.97 Å². The van der Waals surface area contributed by atoms with Gasteiger partial charge in [-0.05, 0) is 0 Å². The Kier molecular flexibility index (Phi) is 2.91. The van der Waals surface area contributed by atoms with Crippen LogP contribution in [0, 0.1) is 0 Å². The first-order valence-electron chi connectivity index (χ1n) is 3.45. The van der Waals surface area contributed by atoms with Crippen molar-refractivity contribution < 1.29 is 14.7 Å². The molecule has 0 aromatic carbocycles. The Morgan fingerprint density at radius 3 is 2.62 bits per heavy atom. The second kappa shape index (κ2) is 4.15. The minimum absolute atomic E-state index is 0.188. The fourth-order valence-electron chi connectivity index (χ4n) is 0.645. The van der Waals surface area contributed by atoms with Gasteiger partial charge in [0.2, 0.25) is 5.95 Å². The van der Waals surface area contributed by atoms with Crippen molar-refractivity contribution in [3.63, 3.8) is 0 Å². The zero-order valence-electron chi connectivity index (χ0n) is 6.60. The monoisotopic (exact) mass is 181 g/mol. The number of hydrogen-bond acceptors (Lipinski definition) is 5. The van der Waals surface area contributed by atoms with Crippen LogP contribution in [0.25, 0.3) is 0 Å². The van der Waals surface area contributed by atoms with Crippen LogP contribution in [0.2, 0.25) is 0 Å². The topological polar surface area (TPSA) is 92.2 Å². The SMILES string of the molecule is O=Cc1cnc(NCC(=O)O)nc1. The van der Waals surface area contributed by atoms with Crippen LogP contribution in [0.15, 0.2) is 12.4 Å². The van der Waals surface area contributed by atoms with Gasteiger partial charge in [0, 0.05) is 12.4 Å². The molecular formula is C7H7N3O3. The third kappa shape index (κ3) is 2.86. The lowest BCUT2D eigenvalue weighted by Gasteiger charge is -1.99. The van der Waals surface area contributed by atoms with Crippen LogP contribution in [0.1, 0.15) is 10.4 Å². The van der Waals surface area contributed by atoms with E-state index in [0.717, 1.165) is 0 Å². The van der Waals surface area contributed by atoms with Crippen LogP contribution in [-0.2, 0) is 4.79 Å². The molecule has 0 aliphatic rings. The molecule has 1 rings (SSSR count). The maximum atomic E-state index is 10.2. The Labute approximate surface area is 73.6 Å². The van der Waals surface area contributed by atoms with Crippen molar-refractivity contribution in [2.45, 2.75) is 0 Å². The molecule has 1 aromatic rings. The van der Waals surface area contributed by atoms with E-state index in [1.54, 1.807) is 0 Å². The maximum absolute atomic E-state index is 10.2. The average Bonchev–Trinajstić information content (AvgIpc) is 2.15. The second-order valence-corrected chi connectivity index (χ2v) is 2.21. The van der Waals surface area contributed by atoms with E-state index in [1.165, 1.54) is 12.4 Å². The predicted molar refractivity (Wildman–Crippen MR) is 43.5 cm³/mol. The van der Waals surface area contributed by atoms with Gasteiger partial charge in [-0.2, -0.15) is 0 Å². The summed E-state index contributed by atoms with van der Waals surface area (Å²) in [6.45, 7) is -0.250. The molecule has 0 aliphatic carbocycles. The van der Waals surface area contributed by atoms with Crippen LogP contribution < -0.4 is 5.32 Å². The Morgan fingerprint density at radius 2 is 2.15 bits per heavy atom. The van der Waals surface area contributed by atoms with E-state index in [2.05, 4.69) is 15.3 Å². The highest BCUT2D eigenvalue weighted by Gasteiger charge is 1.98. The molecule has 13 heavy (non-hydrogen) atoms. The van der Waals surface area contributed by atoms with Crippen molar-refractivity contribution in [3.8, 4) is 0 Å². The fraction of sp³-hybridized carbons (Fsp3) is 0.143. The zero-order chi connectivity index (χ0) is 9.68. The number of carbonyl (C=O) groups is 2. The number of nitrogens with one attached hydrogen (secondary N) is 1. The number of carboxylic acids is 1. The molecule has 0 spiro atoms. The van der Waals surface area contributed by atoms with Gasteiger partial charge in [0.25, 0.3) is 0 Å².